The Morgan fingerprint density at radius 3 is 2.89 bits per heavy atom. The molecular formula is C14H14N2OS. The van der Waals surface area contributed by atoms with Gasteiger partial charge in [-0.15, -0.1) is 0 Å². The molecule has 4 heteroatoms. The molecule has 1 heterocycles. The maximum absolute atomic E-state index is 5.24. The molecule has 0 atom stereocenters. The number of ether oxygens (including phenoxy) is 1. The van der Waals surface area contributed by atoms with Gasteiger partial charge in [-0.3, -0.25) is 0 Å². The molecule has 3 rings (SSSR count). The molecule has 0 unspecified atom stereocenters. The highest BCUT2D eigenvalue weighted by molar-refractivity contribution is 7.71. The lowest BCUT2D eigenvalue weighted by Gasteiger charge is -2.07. The summed E-state index contributed by atoms with van der Waals surface area (Å²) in [5, 5.41) is 0. The zero-order chi connectivity index (χ0) is 12.5. The number of H-pyrrole nitrogens is 1. The largest absolute Gasteiger partial charge is 0.497 e. The maximum atomic E-state index is 5.24. The normalized spacial score (nSPS) is 14.5. The van der Waals surface area contributed by atoms with Crippen LogP contribution in [0.5, 0.6) is 5.75 Å². The van der Waals surface area contributed by atoms with Gasteiger partial charge in [0.1, 0.15) is 16.2 Å². The van der Waals surface area contributed by atoms with Gasteiger partial charge in [-0.2, -0.15) is 0 Å². The van der Waals surface area contributed by atoms with Gasteiger partial charge < -0.3 is 9.72 Å². The zero-order valence-electron chi connectivity index (χ0n) is 10.1. The van der Waals surface area contributed by atoms with Crippen molar-refractivity contribution in [2.24, 2.45) is 0 Å². The number of hydrogen-bond donors (Lipinski definition) is 1. The number of methoxy groups -OCH3 is 1. The molecule has 92 valence electrons. The highest BCUT2D eigenvalue weighted by Crippen LogP contribution is 2.38. The van der Waals surface area contributed by atoms with Gasteiger partial charge in [-0.1, -0.05) is 24.4 Å². The minimum atomic E-state index is 0.567. The Bertz CT molecular complexity index is 632. The SMILES string of the molecule is COc1cccc(-c2cc(=S)nc(C3CC3)[nH]2)c1. The van der Waals surface area contributed by atoms with Crippen LogP contribution in [0.15, 0.2) is 30.3 Å². The van der Waals surface area contributed by atoms with E-state index in [2.05, 4.69) is 9.97 Å². The Morgan fingerprint density at radius 2 is 2.17 bits per heavy atom. The molecule has 1 aliphatic carbocycles. The van der Waals surface area contributed by atoms with Crippen LogP contribution in [0.1, 0.15) is 24.6 Å². The van der Waals surface area contributed by atoms with Crippen LogP contribution >= 0.6 is 12.2 Å². The topological polar surface area (TPSA) is 37.9 Å². The third kappa shape index (κ3) is 2.29. The van der Waals surface area contributed by atoms with Gasteiger partial charge in [0.2, 0.25) is 0 Å². The molecule has 0 bridgehead atoms. The fourth-order valence-electron chi connectivity index (χ4n) is 1.97. The van der Waals surface area contributed by atoms with Gasteiger partial charge in [0.15, 0.2) is 0 Å². The van der Waals surface area contributed by atoms with E-state index < -0.39 is 0 Å². The van der Waals surface area contributed by atoms with Crippen LogP contribution in [-0.2, 0) is 0 Å². The van der Waals surface area contributed by atoms with Crippen LogP contribution in [0.3, 0.4) is 0 Å². The van der Waals surface area contributed by atoms with E-state index in [0.29, 0.717) is 10.6 Å². The average molecular weight is 258 g/mol. The van der Waals surface area contributed by atoms with Gasteiger partial charge in [0.05, 0.1) is 7.11 Å². The molecular weight excluding hydrogens is 244 g/mol. The van der Waals surface area contributed by atoms with E-state index in [0.717, 1.165) is 22.8 Å². The molecule has 1 N–H and O–H groups in total. The number of benzene rings is 1. The molecule has 1 fully saturated rings. The van der Waals surface area contributed by atoms with E-state index in [-0.39, 0.29) is 0 Å². The fraction of sp³-hybridized carbons (Fsp3) is 0.286. The molecule has 3 nitrogen and oxygen atoms in total. The Morgan fingerprint density at radius 1 is 1.33 bits per heavy atom. The van der Waals surface area contributed by atoms with Crippen LogP contribution in [-0.4, -0.2) is 17.1 Å². The van der Waals surface area contributed by atoms with E-state index in [1.165, 1.54) is 12.8 Å². The predicted octanol–water partition coefficient (Wildman–Crippen LogP) is 3.69. The maximum Gasteiger partial charge on any atom is 0.130 e. The first-order chi connectivity index (χ1) is 8.76. The minimum Gasteiger partial charge on any atom is -0.497 e. The molecule has 2 aromatic rings. The van der Waals surface area contributed by atoms with Crippen molar-refractivity contribution in [1.82, 2.24) is 9.97 Å². The van der Waals surface area contributed by atoms with Crippen molar-refractivity contribution in [3.63, 3.8) is 0 Å². The third-order valence-electron chi connectivity index (χ3n) is 3.11. The number of nitrogens with one attached hydrogen (secondary N) is 1. The Hall–Kier alpha value is -1.68. The molecule has 1 saturated carbocycles. The molecule has 0 radical (unpaired) electrons. The summed E-state index contributed by atoms with van der Waals surface area (Å²) in [4.78, 5) is 7.77. The molecule has 0 amide bonds. The summed E-state index contributed by atoms with van der Waals surface area (Å²) >= 11 is 5.23. The van der Waals surface area contributed by atoms with Crippen LogP contribution in [0.25, 0.3) is 11.3 Å². The minimum absolute atomic E-state index is 0.567. The second-order valence-electron chi connectivity index (χ2n) is 4.52. The number of hydrogen-bond acceptors (Lipinski definition) is 3. The first-order valence-corrected chi connectivity index (χ1v) is 6.43. The molecule has 1 aromatic heterocycles. The summed E-state index contributed by atoms with van der Waals surface area (Å²) < 4.78 is 5.89. The summed E-state index contributed by atoms with van der Waals surface area (Å²) in [6.45, 7) is 0. The first-order valence-electron chi connectivity index (χ1n) is 6.02. The Kier molecular flexibility index (Phi) is 2.88. The molecule has 0 aliphatic heterocycles. The summed E-state index contributed by atoms with van der Waals surface area (Å²) in [7, 11) is 1.67. The summed E-state index contributed by atoms with van der Waals surface area (Å²) in [6, 6.07) is 9.84. The van der Waals surface area contributed by atoms with E-state index >= 15 is 0 Å². The third-order valence-corrected chi connectivity index (χ3v) is 3.32. The summed E-state index contributed by atoms with van der Waals surface area (Å²) in [6.07, 6.45) is 2.42. The van der Waals surface area contributed by atoms with Crippen LogP contribution in [0.2, 0.25) is 0 Å². The standard InChI is InChI=1S/C14H14N2OS/c1-17-11-4-2-3-10(7-11)12-8-13(18)16-14(15-12)9-5-6-9/h2-4,7-9H,5-6H2,1H3,(H,15,16,18). The highest BCUT2D eigenvalue weighted by Gasteiger charge is 2.26. The van der Waals surface area contributed by atoms with E-state index in [9.17, 15) is 0 Å². The van der Waals surface area contributed by atoms with Gasteiger partial charge in [-0.25, -0.2) is 4.98 Å². The van der Waals surface area contributed by atoms with Crippen LogP contribution in [0, 0.1) is 4.64 Å². The second kappa shape index (κ2) is 4.53. The smallest absolute Gasteiger partial charge is 0.130 e. The van der Waals surface area contributed by atoms with Gasteiger partial charge in [0.25, 0.3) is 0 Å². The Labute approximate surface area is 111 Å². The summed E-state index contributed by atoms with van der Waals surface area (Å²) in [5.74, 6) is 2.43. The van der Waals surface area contributed by atoms with Crippen LogP contribution in [0.4, 0.5) is 0 Å². The average Bonchev–Trinajstić information content (AvgIpc) is 3.22. The van der Waals surface area contributed by atoms with Crippen molar-refractivity contribution in [1.29, 1.82) is 0 Å². The quantitative estimate of drug-likeness (QED) is 0.853. The van der Waals surface area contributed by atoms with Crippen molar-refractivity contribution in [3.05, 3.63) is 40.8 Å². The Balaban J connectivity index is 2.06. The fourth-order valence-corrected chi connectivity index (χ4v) is 2.19. The van der Waals surface area contributed by atoms with Crippen molar-refractivity contribution in [3.8, 4) is 17.0 Å². The molecule has 0 spiro atoms. The highest BCUT2D eigenvalue weighted by atomic mass is 32.1. The van der Waals surface area contributed by atoms with Gasteiger partial charge >= 0.3 is 0 Å². The molecule has 0 saturated heterocycles. The van der Waals surface area contributed by atoms with Gasteiger partial charge in [0, 0.05) is 17.2 Å². The van der Waals surface area contributed by atoms with Crippen molar-refractivity contribution in [2.75, 3.05) is 7.11 Å². The van der Waals surface area contributed by atoms with Gasteiger partial charge in [-0.05, 0) is 31.0 Å². The zero-order valence-corrected chi connectivity index (χ0v) is 11.0. The lowest BCUT2D eigenvalue weighted by Crippen LogP contribution is -1.95. The molecule has 1 aromatic carbocycles. The monoisotopic (exact) mass is 258 g/mol. The number of nitrogens with zero attached hydrogens (tertiary/aromatic N) is 1. The van der Waals surface area contributed by atoms with Crippen molar-refractivity contribution in [2.45, 2.75) is 18.8 Å². The number of aromatic amines is 1. The molecule has 1 aliphatic rings. The van der Waals surface area contributed by atoms with E-state index in [4.69, 9.17) is 17.0 Å². The molecule has 18 heavy (non-hydrogen) atoms. The van der Waals surface area contributed by atoms with E-state index in [1.807, 2.05) is 30.3 Å². The predicted molar refractivity (Wildman–Crippen MR) is 73.4 cm³/mol. The van der Waals surface area contributed by atoms with Crippen molar-refractivity contribution >= 4 is 12.2 Å². The van der Waals surface area contributed by atoms with Crippen LogP contribution < -0.4 is 4.74 Å². The number of rotatable bonds is 3. The lowest BCUT2D eigenvalue weighted by atomic mass is 10.1. The van der Waals surface area contributed by atoms with E-state index in [1.54, 1.807) is 7.11 Å². The second-order valence-corrected chi connectivity index (χ2v) is 4.94. The van der Waals surface area contributed by atoms with Crippen molar-refractivity contribution < 1.29 is 4.74 Å². The number of aromatic nitrogens is 2. The first kappa shape index (κ1) is 11.4. The lowest BCUT2D eigenvalue weighted by molar-refractivity contribution is 0.415. The summed E-state index contributed by atoms with van der Waals surface area (Å²) in [5.41, 5.74) is 2.08.